The highest BCUT2D eigenvalue weighted by atomic mass is 32.2. The van der Waals surface area contributed by atoms with Crippen molar-refractivity contribution in [3.05, 3.63) is 71.1 Å². The van der Waals surface area contributed by atoms with E-state index in [1.54, 1.807) is 12.1 Å². The first-order valence-corrected chi connectivity index (χ1v) is 23.2. The van der Waals surface area contributed by atoms with E-state index in [1.807, 2.05) is 85.8 Å². The Balaban J connectivity index is 0.874. The van der Waals surface area contributed by atoms with Gasteiger partial charge >= 0.3 is 6.03 Å². The average molecular weight is 883 g/mol. The molecule has 2 saturated heterocycles. The van der Waals surface area contributed by atoms with Gasteiger partial charge in [-0.3, -0.25) is 14.4 Å². The van der Waals surface area contributed by atoms with E-state index in [2.05, 4.69) is 26.6 Å². The molecule has 7 N–H and O–H groups in total. The number of thioether (sulfide) groups is 1. The lowest BCUT2D eigenvalue weighted by molar-refractivity contribution is -0.255. The molecular weight excluding hydrogens is 821 g/mol. The Kier molecular flexibility index (Phi) is 16.5. The van der Waals surface area contributed by atoms with Crippen molar-refractivity contribution in [2.45, 2.75) is 94.0 Å². The van der Waals surface area contributed by atoms with Gasteiger partial charge in [0.25, 0.3) is 5.91 Å². The van der Waals surface area contributed by atoms with E-state index >= 15 is 0 Å². The molecule has 2 aromatic rings. The molecular formula is C47H62N8O7S. The smallest absolute Gasteiger partial charge is 0.315 e. The summed E-state index contributed by atoms with van der Waals surface area (Å²) >= 11 is 1.89. The second-order valence-corrected chi connectivity index (χ2v) is 18.2. The standard InChI is InChI=1S/C47H62N8O7S/c1-54(2)30-17-20-33-38(26-30)62-39-27-31(55(3)4)18-21-34(39)42(33)32-19-16-29(25-35(32)46(59)60)44(57)50-23-11-6-12-24-51-45(58)36(48)13-7-5-10-22-49-41(56)15-9-8-14-40-43-37(28-63-40)52-47(61)53-43/h16-21,25-27,36-37,40,43H,5-15,22-24,28,48H2,1-4H3,(H5-,49,50,51,52,53,56,57,58,59,60,61). The van der Waals surface area contributed by atoms with E-state index in [1.165, 1.54) is 6.07 Å². The molecule has 63 heavy (non-hydrogen) atoms. The number of carboxylic acid groups (broad SMARTS) is 1. The highest BCUT2D eigenvalue weighted by Gasteiger charge is 2.42. The molecule has 1 aliphatic carbocycles. The summed E-state index contributed by atoms with van der Waals surface area (Å²) in [4.78, 5) is 64.1. The monoisotopic (exact) mass is 882 g/mol. The maximum atomic E-state index is 13.2. The predicted octanol–water partition coefficient (Wildman–Crippen LogP) is 3.41. The first-order valence-electron chi connectivity index (χ1n) is 22.1. The average Bonchev–Trinajstić information content (AvgIpc) is 3.82. The number of nitrogens with zero attached hydrogens (tertiary/aromatic N) is 2. The van der Waals surface area contributed by atoms with Gasteiger partial charge in [-0.15, -0.1) is 0 Å². The molecule has 4 atom stereocenters. The van der Waals surface area contributed by atoms with Crippen molar-refractivity contribution < 1.29 is 33.5 Å². The molecule has 3 aliphatic heterocycles. The Hall–Kier alpha value is -5.61. The second-order valence-electron chi connectivity index (χ2n) is 17.0. The molecule has 0 saturated carbocycles. The summed E-state index contributed by atoms with van der Waals surface area (Å²) in [5, 5.41) is 29.4. The number of nitrogens with one attached hydrogen (secondary N) is 5. The van der Waals surface area contributed by atoms with Crippen LogP contribution in [0.1, 0.15) is 91.3 Å². The van der Waals surface area contributed by atoms with Crippen LogP contribution in [-0.4, -0.2) is 107 Å². The molecule has 0 radical (unpaired) electrons. The Bertz CT molecular complexity index is 2330. The minimum absolute atomic E-state index is 0.0563. The van der Waals surface area contributed by atoms with Crippen LogP contribution in [0.4, 0.5) is 10.5 Å². The number of carbonyl (C=O) groups is 5. The molecule has 2 fully saturated rings. The molecule has 0 spiro atoms. The van der Waals surface area contributed by atoms with E-state index in [9.17, 15) is 29.1 Å². The molecule has 16 heteroatoms. The Morgan fingerprint density at radius 3 is 2.35 bits per heavy atom. The topological polar surface area (TPSA) is 214 Å². The van der Waals surface area contributed by atoms with Crippen molar-refractivity contribution in [3.8, 4) is 22.5 Å². The zero-order valence-electron chi connectivity index (χ0n) is 36.8. The lowest BCUT2D eigenvalue weighted by atomic mass is 9.89. The van der Waals surface area contributed by atoms with Crippen LogP contribution < -0.4 is 52.3 Å². The van der Waals surface area contributed by atoms with Gasteiger partial charge < -0.3 is 51.5 Å². The number of rotatable bonds is 22. The molecule has 2 aromatic carbocycles. The minimum atomic E-state index is -1.39. The summed E-state index contributed by atoms with van der Waals surface area (Å²) in [6.45, 7) is 1.46. The van der Waals surface area contributed by atoms with Gasteiger partial charge in [-0.2, -0.15) is 11.8 Å². The number of nitrogens with two attached hydrogens (primary N) is 1. The van der Waals surface area contributed by atoms with Crippen LogP contribution in [0.15, 0.2) is 59.0 Å². The van der Waals surface area contributed by atoms with Gasteiger partial charge in [0.2, 0.25) is 17.2 Å². The fourth-order valence-electron chi connectivity index (χ4n) is 8.25. The Labute approximate surface area is 373 Å². The van der Waals surface area contributed by atoms with Crippen LogP contribution in [0.3, 0.4) is 0 Å². The summed E-state index contributed by atoms with van der Waals surface area (Å²) in [5.41, 5.74) is 9.59. The molecule has 5 amide bonds. The zero-order chi connectivity index (χ0) is 45.0. The van der Waals surface area contributed by atoms with Gasteiger partial charge in [-0.05, 0) is 80.8 Å². The SMILES string of the molecule is CN(C)c1ccc2c(-c3ccc(C(=O)NCCCCCNC(=O)C(N)CCCCCNC(=O)CCCCC4SCC5NC(=O)NC54)cc3C(=O)[O-])c3ccc(=[N+](C)C)cc-3oc2c1. The van der Waals surface area contributed by atoms with E-state index in [-0.39, 0.29) is 41.1 Å². The highest BCUT2D eigenvalue weighted by Crippen LogP contribution is 2.42. The quantitative estimate of drug-likeness (QED) is 0.0293. The highest BCUT2D eigenvalue weighted by molar-refractivity contribution is 8.00. The summed E-state index contributed by atoms with van der Waals surface area (Å²) in [5.74, 6) is -0.385. The summed E-state index contributed by atoms with van der Waals surface area (Å²) in [7, 11) is 7.75. The van der Waals surface area contributed by atoms with Crippen molar-refractivity contribution in [2.24, 2.45) is 5.73 Å². The number of carboxylic acids is 1. The number of aromatic carboxylic acids is 1. The maximum absolute atomic E-state index is 13.2. The largest absolute Gasteiger partial charge is 0.545 e. The lowest BCUT2D eigenvalue weighted by Crippen LogP contribution is -2.40. The summed E-state index contributed by atoms with van der Waals surface area (Å²) < 4.78 is 8.35. The third-order valence-corrected chi connectivity index (χ3v) is 13.4. The third-order valence-electron chi connectivity index (χ3n) is 11.9. The number of anilines is 1. The number of hydrogen-bond acceptors (Lipinski definition) is 10. The molecule has 15 nitrogen and oxygen atoms in total. The number of hydrogen-bond donors (Lipinski definition) is 6. The fourth-order valence-corrected chi connectivity index (χ4v) is 9.79. The van der Waals surface area contributed by atoms with Gasteiger partial charge in [0, 0.05) is 96.6 Å². The van der Waals surface area contributed by atoms with Crippen molar-refractivity contribution in [3.63, 3.8) is 0 Å². The molecule has 3 heterocycles. The van der Waals surface area contributed by atoms with Crippen LogP contribution in [0.25, 0.3) is 33.4 Å². The van der Waals surface area contributed by atoms with E-state index in [0.717, 1.165) is 72.7 Å². The molecule has 4 aliphatic rings. The molecule has 0 aromatic heterocycles. The number of benzene rings is 3. The summed E-state index contributed by atoms with van der Waals surface area (Å²) in [6, 6.07) is 16.0. The van der Waals surface area contributed by atoms with Crippen molar-refractivity contribution in [2.75, 3.05) is 58.5 Å². The molecule has 0 bridgehead atoms. The van der Waals surface area contributed by atoms with Gasteiger partial charge in [0.1, 0.15) is 25.4 Å². The van der Waals surface area contributed by atoms with Crippen LogP contribution in [-0.2, 0) is 9.59 Å². The number of carbonyl (C=O) groups excluding carboxylic acids is 5. The van der Waals surface area contributed by atoms with Crippen LogP contribution >= 0.6 is 11.8 Å². The zero-order valence-corrected chi connectivity index (χ0v) is 37.7. The second kappa shape index (κ2) is 22.1. The number of urea groups is 1. The Morgan fingerprint density at radius 2 is 1.60 bits per heavy atom. The van der Waals surface area contributed by atoms with Crippen molar-refractivity contribution in [1.82, 2.24) is 31.2 Å². The molecule has 4 unspecified atom stereocenters. The normalized spacial score (nSPS) is 17.2. The van der Waals surface area contributed by atoms with Crippen LogP contribution in [0.2, 0.25) is 0 Å². The number of amides is 5. The van der Waals surface area contributed by atoms with Gasteiger partial charge in [-0.25, -0.2) is 9.37 Å². The number of fused-ring (bicyclic) bond motifs is 3. The summed E-state index contributed by atoms with van der Waals surface area (Å²) in [6.07, 6.45) is 8.45. The first kappa shape index (κ1) is 46.9. The van der Waals surface area contributed by atoms with Gasteiger partial charge in [0.05, 0.1) is 30.2 Å². The van der Waals surface area contributed by atoms with Crippen LogP contribution in [0.5, 0.6) is 0 Å². The first-order chi connectivity index (χ1) is 30.3. The van der Waals surface area contributed by atoms with Gasteiger partial charge in [-0.1, -0.05) is 25.3 Å². The lowest BCUT2D eigenvalue weighted by Gasteiger charge is -2.20. The van der Waals surface area contributed by atoms with E-state index in [4.69, 9.17) is 10.2 Å². The Morgan fingerprint density at radius 1 is 0.873 bits per heavy atom. The molecule has 338 valence electrons. The third kappa shape index (κ3) is 12.3. The minimum Gasteiger partial charge on any atom is -0.545 e. The fraction of sp³-hybridized carbons (Fsp3) is 0.489. The van der Waals surface area contributed by atoms with Crippen molar-refractivity contribution in [1.29, 1.82) is 0 Å². The van der Waals surface area contributed by atoms with Gasteiger partial charge in [0.15, 0.2) is 0 Å². The van der Waals surface area contributed by atoms with Crippen molar-refractivity contribution >= 4 is 58.1 Å². The van der Waals surface area contributed by atoms with E-state index in [0.29, 0.717) is 73.0 Å². The van der Waals surface area contributed by atoms with Crippen LogP contribution in [0, 0.1) is 0 Å². The predicted molar refractivity (Wildman–Crippen MR) is 247 cm³/mol. The molecule has 6 rings (SSSR count). The van der Waals surface area contributed by atoms with E-state index < -0.39 is 17.9 Å². The number of unbranched alkanes of at least 4 members (excludes halogenated alkanes) is 5. The maximum Gasteiger partial charge on any atom is 0.315 e.